The third-order valence-electron chi connectivity index (χ3n) is 3.75. The van der Waals surface area contributed by atoms with Crippen LogP contribution in [0.2, 0.25) is 0 Å². The van der Waals surface area contributed by atoms with E-state index >= 15 is 0 Å². The smallest absolute Gasteiger partial charge is 0.224 e. The first-order valence-electron chi connectivity index (χ1n) is 6.92. The first-order chi connectivity index (χ1) is 9.19. The van der Waals surface area contributed by atoms with Gasteiger partial charge >= 0.3 is 0 Å². The number of ether oxygens (including phenoxy) is 1. The van der Waals surface area contributed by atoms with Crippen LogP contribution in [0.4, 0.5) is 11.4 Å². The van der Waals surface area contributed by atoms with Crippen molar-refractivity contribution in [3.8, 4) is 5.75 Å². The van der Waals surface area contributed by atoms with E-state index in [0.29, 0.717) is 23.5 Å². The third-order valence-corrected chi connectivity index (χ3v) is 3.75. The Morgan fingerprint density at radius 2 is 2.16 bits per heavy atom. The maximum absolute atomic E-state index is 11.9. The molecule has 19 heavy (non-hydrogen) atoms. The first-order valence-corrected chi connectivity index (χ1v) is 6.92. The summed E-state index contributed by atoms with van der Waals surface area (Å²) in [5.74, 6) is 1.39. The van der Waals surface area contributed by atoms with Gasteiger partial charge in [0.25, 0.3) is 0 Å². The van der Waals surface area contributed by atoms with Crippen LogP contribution in [0.1, 0.15) is 38.5 Å². The van der Waals surface area contributed by atoms with Gasteiger partial charge in [-0.2, -0.15) is 0 Å². The molecule has 0 unspecified atom stereocenters. The van der Waals surface area contributed by atoms with E-state index in [2.05, 4.69) is 5.32 Å². The number of nitrogens with two attached hydrogens (primary N) is 1. The minimum atomic E-state index is 0.0509. The molecule has 0 aliphatic heterocycles. The zero-order chi connectivity index (χ0) is 13.7. The number of amides is 1. The van der Waals surface area contributed by atoms with Crippen LogP contribution < -0.4 is 15.8 Å². The summed E-state index contributed by atoms with van der Waals surface area (Å²) >= 11 is 0. The Kier molecular flexibility index (Phi) is 4.66. The van der Waals surface area contributed by atoms with Gasteiger partial charge in [0.15, 0.2) is 0 Å². The van der Waals surface area contributed by atoms with Crippen LogP contribution in [0.15, 0.2) is 18.2 Å². The molecule has 3 N–H and O–H groups in total. The minimum absolute atomic E-state index is 0.0509. The second-order valence-electron chi connectivity index (χ2n) is 5.20. The van der Waals surface area contributed by atoms with Gasteiger partial charge in [0, 0.05) is 18.2 Å². The zero-order valence-electron chi connectivity index (χ0n) is 11.4. The van der Waals surface area contributed by atoms with Gasteiger partial charge in [0.2, 0.25) is 5.91 Å². The van der Waals surface area contributed by atoms with E-state index < -0.39 is 0 Å². The fraction of sp³-hybridized carbons (Fsp3) is 0.533. The SMILES string of the molecule is COc1cc(N)ccc1NC(=O)CCC1CCCC1. The van der Waals surface area contributed by atoms with Crippen LogP contribution in [0.5, 0.6) is 5.75 Å². The van der Waals surface area contributed by atoms with Crippen LogP contribution in [-0.2, 0) is 4.79 Å². The van der Waals surface area contributed by atoms with E-state index in [1.165, 1.54) is 25.7 Å². The van der Waals surface area contributed by atoms with Crippen molar-refractivity contribution in [3.63, 3.8) is 0 Å². The molecule has 1 aromatic rings. The summed E-state index contributed by atoms with van der Waals surface area (Å²) in [6, 6.07) is 5.25. The predicted molar refractivity (Wildman–Crippen MR) is 77.2 cm³/mol. The Morgan fingerprint density at radius 1 is 1.42 bits per heavy atom. The van der Waals surface area contributed by atoms with Gasteiger partial charge in [0.1, 0.15) is 5.75 Å². The van der Waals surface area contributed by atoms with Gasteiger partial charge in [-0.25, -0.2) is 0 Å². The summed E-state index contributed by atoms with van der Waals surface area (Å²) in [6.07, 6.45) is 6.76. The first kappa shape index (κ1) is 13.7. The zero-order valence-corrected chi connectivity index (χ0v) is 11.4. The van der Waals surface area contributed by atoms with Crippen LogP contribution in [0.25, 0.3) is 0 Å². The number of methoxy groups -OCH3 is 1. The molecule has 4 nitrogen and oxygen atoms in total. The average Bonchev–Trinajstić information content (AvgIpc) is 2.91. The molecule has 1 fully saturated rings. The third kappa shape index (κ3) is 3.88. The number of carbonyl (C=O) groups is 1. The van der Waals surface area contributed by atoms with Crippen molar-refractivity contribution in [2.24, 2.45) is 5.92 Å². The van der Waals surface area contributed by atoms with Gasteiger partial charge in [-0.05, 0) is 24.5 Å². The van der Waals surface area contributed by atoms with E-state index in [1.54, 1.807) is 25.3 Å². The molecular formula is C15H22N2O2. The highest BCUT2D eigenvalue weighted by molar-refractivity contribution is 5.92. The highest BCUT2D eigenvalue weighted by Gasteiger charge is 2.16. The molecule has 0 saturated heterocycles. The van der Waals surface area contributed by atoms with Gasteiger partial charge in [0.05, 0.1) is 12.8 Å². The number of nitrogen functional groups attached to an aromatic ring is 1. The van der Waals surface area contributed by atoms with Crippen LogP contribution in [-0.4, -0.2) is 13.0 Å². The Hall–Kier alpha value is -1.71. The summed E-state index contributed by atoms with van der Waals surface area (Å²) in [5.41, 5.74) is 7.00. The number of rotatable bonds is 5. The van der Waals surface area contributed by atoms with Crippen molar-refractivity contribution in [3.05, 3.63) is 18.2 Å². The van der Waals surface area contributed by atoms with Crippen molar-refractivity contribution in [1.82, 2.24) is 0 Å². The molecule has 2 rings (SSSR count). The van der Waals surface area contributed by atoms with Crippen molar-refractivity contribution in [1.29, 1.82) is 0 Å². The molecule has 104 valence electrons. The fourth-order valence-electron chi connectivity index (χ4n) is 2.66. The summed E-state index contributed by atoms with van der Waals surface area (Å²) in [6.45, 7) is 0. The highest BCUT2D eigenvalue weighted by atomic mass is 16.5. The average molecular weight is 262 g/mol. The van der Waals surface area contributed by atoms with Gasteiger partial charge < -0.3 is 15.8 Å². The number of benzene rings is 1. The summed E-state index contributed by atoms with van der Waals surface area (Å²) < 4.78 is 5.21. The molecule has 0 heterocycles. The maximum Gasteiger partial charge on any atom is 0.224 e. The molecule has 1 amide bonds. The number of nitrogens with one attached hydrogen (secondary N) is 1. The highest BCUT2D eigenvalue weighted by Crippen LogP contribution is 2.30. The second kappa shape index (κ2) is 6.45. The topological polar surface area (TPSA) is 64.3 Å². The van der Waals surface area contributed by atoms with E-state index in [0.717, 1.165) is 12.3 Å². The lowest BCUT2D eigenvalue weighted by molar-refractivity contribution is -0.116. The molecule has 0 radical (unpaired) electrons. The lowest BCUT2D eigenvalue weighted by atomic mass is 10.0. The van der Waals surface area contributed by atoms with Gasteiger partial charge in [-0.3, -0.25) is 4.79 Å². The molecule has 0 spiro atoms. The monoisotopic (exact) mass is 262 g/mol. The van der Waals surface area contributed by atoms with E-state index in [-0.39, 0.29) is 5.91 Å². The molecule has 4 heteroatoms. The largest absolute Gasteiger partial charge is 0.494 e. The summed E-state index contributed by atoms with van der Waals surface area (Å²) in [7, 11) is 1.57. The Labute approximate surface area is 114 Å². The van der Waals surface area contributed by atoms with Crippen LogP contribution in [0.3, 0.4) is 0 Å². The summed E-state index contributed by atoms with van der Waals surface area (Å²) in [5, 5.41) is 2.89. The van der Waals surface area contributed by atoms with Gasteiger partial charge in [-0.15, -0.1) is 0 Å². The second-order valence-corrected chi connectivity index (χ2v) is 5.20. The molecule has 1 aliphatic carbocycles. The van der Waals surface area contributed by atoms with Crippen molar-refractivity contribution in [2.75, 3.05) is 18.2 Å². The molecule has 0 bridgehead atoms. The van der Waals surface area contributed by atoms with E-state index in [4.69, 9.17) is 10.5 Å². The molecule has 0 aromatic heterocycles. The Bertz CT molecular complexity index is 440. The van der Waals surface area contributed by atoms with E-state index in [1.807, 2.05) is 0 Å². The quantitative estimate of drug-likeness (QED) is 0.801. The minimum Gasteiger partial charge on any atom is -0.494 e. The standard InChI is InChI=1S/C15H22N2O2/c1-19-14-10-12(16)7-8-13(14)17-15(18)9-6-11-4-2-3-5-11/h7-8,10-11H,2-6,9,16H2,1H3,(H,17,18). The molecule has 1 aliphatic rings. The lowest BCUT2D eigenvalue weighted by Crippen LogP contribution is -2.13. The number of anilines is 2. The number of carbonyl (C=O) groups excluding carboxylic acids is 1. The molecule has 0 atom stereocenters. The normalized spacial score (nSPS) is 15.4. The van der Waals surface area contributed by atoms with E-state index in [9.17, 15) is 4.79 Å². The lowest BCUT2D eigenvalue weighted by Gasteiger charge is -2.12. The van der Waals surface area contributed by atoms with Gasteiger partial charge in [-0.1, -0.05) is 25.7 Å². The van der Waals surface area contributed by atoms with Crippen molar-refractivity contribution >= 4 is 17.3 Å². The van der Waals surface area contributed by atoms with Crippen molar-refractivity contribution < 1.29 is 9.53 Å². The fourth-order valence-corrected chi connectivity index (χ4v) is 2.66. The Balaban J connectivity index is 1.87. The van der Waals surface area contributed by atoms with Crippen molar-refractivity contribution in [2.45, 2.75) is 38.5 Å². The molecule has 1 aromatic carbocycles. The maximum atomic E-state index is 11.9. The summed E-state index contributed by atoms with van der Waals surface area (Å²) in [4.78, 5) is 11.9. The van der Waals surface area contributed by atoms with Crippen LogP contribution in [0, 0.1) is 5.92 Å². The Morgan fingerprint density at radius 3 is 2.84 bits per heavy atom. The molecular weight excluding hydrogens is 240 g/mol. The van der Waals surface area contributed by atoms with Crippen LogP contribution >= 0.6 is 0 Å². The molecule has 1 saturated carbocycles. The predicted octanol–water partition coefficient (Wildman–Crippen LogP) is 3.19. The number of hydrogen-bond acceptors (Lipinski definition) is 3. The number of hydrogen-bond donors (Lipinski definition) is 2.